The van der Waals surface area contributed by atoms with E-state index in [9.17, 15) is 0 Å². The quantitative estimate of drug-likeness (QED) is 0.806. The van der Waals surface area contributed by atoms with Crippen LogP contribution in [0, 0.1) is 6.92 Å². The van der Waals surface area contributed by atoms with Gasteiger partial charge in [0.1, 0.15) is 0 Å². The molecule has 1 aromatic rings. The van der Waals surface area contributed by atoms with Gasteiger partial charge in [-0.25, -0.2) is 4.68 Å². The summed E-state index contributed by atoms with van der Waals surface area (Å²) in [4.78, 5) is 0. The zero-order chi connectivity index (χ0) is 13.8. The normalized spacial score (nSPS) is 13.0. The number of rotatable bonds is 7. The standard InChI is InChI=1S/C13H26N4O/c1-11-10-17(16-15-11)12(2,3)7-9-18-13(4,5)6-8-14/h10H,6-9,14H2,1-5H3. The van der Waals surface area contributed by atoms with Crippen LogP contribution in [0.1, 0.15) is 46.2 Å². The third-order valence-electron chi connectivity index (χ3n) is 3.18. The molecule has 0 aromatic carbocycles. The summed E-state index contributed by atoms with van der Waals surface area (Å²) in [6, 6.07) is 0. The summed E-state index contributed by atoms with van der Waals surface area (Å²) in [5, 5.41) is 8.15. The maximum atomic E-state index is 5.89. The Kier molecular flexibility index (Phi) is 4.87. The number of nitrogens with zero attached hydrogens (tertiary/aromatic N) is 3. The van der Waals surface area contributed by atoms with Gasteiger partial charge in [-0.05, 0) is 54.0 Å². The van der Waals surface area contributed by atoms with Crippen LogP contribution in [0.5, 0.6) is 0 Å². The summed E-state index contributed by atoms with van der Waals surface area (Å²) in [5.74, 6) is 0. The molecule has 104 valence electrons. The molecular weight excluding hydrogens is 228 g/mol. The minimum Gasteiger partial charge on any atom is -0.375 e. The van der Waals surface area contributed by atoms with Gasteiger partial charge in [-0.15, -0.1) is 5.10 Å². The Labute approximate surface area is 110 Å². The molecule has 1 rings (SSSR count). The first-order valence-electron chi connectivity index (χ1n) is 6.50. The first kappa shape index (κ1) is 15.1. The molecule has 1 aromatic heterocycles. The summed E-state index contributed by atoms with van der Waals surface area (Å²) >= 11 is 0. The van der Waals surface area contributed by atoms with Crippen molar-refractivity contribution < 1.29 is 4.74 Å². The second-order valence-electron chi connectivity index (χ2n) is 6.01. The van der Waals surface area contributed by atoms with Gasteiger partial charge in [0.15, 0.2) is 0 Å². The molecule has 0 aliphatic rings. The van der Waals surface area contributed by atoms with Gasteiger partial charge in [-0.1, -0.05) is 5.21 Å². The van der Waals surface area contributed by atoms with Gasteiger partial charge in [0.05, 0.1) is 16.8 Å². The van der Waals surface area contributed by atoms with Gasteiger partial charge < -0.3 is 10.5 Å². The number of aryl methyl sites for hydroxylation is 1. The summed E-state index contributed by atoms with van der Waals surface area (Å²) in [6.45, 7) is 11.7. The number of ether oxygens (including phenoxy) is 1. The van der Waals surface area contributed by atoms with Crippen LogP contribution >= 0.6 is 0 Å². The summed E-state index contributed by atoms with van der Waals surface area (Å²) in [7, 11) is 0. The summed E-state index contributed by atoms with van der Waals surface area (Å²) in [6.07, 6.45) is 3.73. The number of aromatic nitrogens is 3. The molecule has 1 heterocycles. The molecule has 0 radical (unpaired) electrons. The molecule has 0 bridgehead atoms. The van der Waals surface area contributed by atoms with Crippen molar-refractivity contribution in [2.45, 2.75) is 58.6 Å². The van der Waals surface area contributed by atoms with Crippen LogP contribution in [0.15, 0.2) is 6.20 Å². The van der Waals surface area contributed by atoms with Crippen LogP contribution in [0.25, 0.3) is 0 Å². The van der Waals surface area contributed by atoms with Crippen LogP contribution in [0.3, 0.4) is 0 Å². The lowest BCUT2D eigenvalue weighted by Crippen LogP contribution is -2.33. The van der Waals surface area contributed by atoms with E-state index >= 15 is 0 Å². The second-order valence-corrected chi connectivity index (χ2v) is 6.01. The lowest BCUT2D eigenvalue weighted by atomic mass is 10.0. The van der Waals surface area contributed by atoms with Crippen LogP contribution < -0.4 is 5.73 Å². The van der Waals surface area contributed by atoms with Crippen molar-refractivity contribution in [3.8, 4) is 0 Å². The van der Waals surface area contributed by atoms with E-state index in [1.165, 1.54) is 0 Å². The monoisotopic (exact) mass is 254 g/mol. The molecule has 0 amide bonds. The van der Waals surface area contributed by atoms with Crippen LogP contribution in [0.4, 0.5) is 0 Å². The smallest absolute Gasteiger partial charge is 0.0796 e. The average Bonchev–Trinajstić information content (AvgIpc) is 2.64. The predicted octanol–water partition coefficient (Wildman–Crippen LogP) is 1.86. The van der Waals surface area contributed by atoms with Gasteiger partial charge >= 0.3 is 0 Å². The highest BCUT2D eigenvalue weighted by atomic mass is 16.5. The van der Waals surface area contributed by atoms with Crippen molar-refractivity contribution in [3.63, 3.8) is 0 Å². The highest BCUT2D eigenvalue weighted by Gasteiger charge is 2.24. The molecule has 2 N–H and O–H groups in total. The van der Waals surface area contributed by atoms with Crippen molar-refractivity contribution >= 4 is 0 Å². The zero-order valence-corrected chi connectivity index (χ0v) is 12.2. The predicted molar refractivity (Wildman–Crippen MR) is 72.4 cm³/mol. The molecule has 18 heavy (non-hydrogen) atoms. The first-order valence-corrected chi connectivity index (χ1v) is 6.50. The summed E-state index contributed by atoms with van der Waals surface area (Å²) in [5.41, 5.74) is 6.27. The molecule has 0 aliphatic heterocycles. The Hall–Kier alpha value is -0.940. The van der Waals surface area contributed by atoms with Crippen LogP contribution in [-0.4, -0.2) is 33.7 Å². The van der Waals surface area contributed by atoms with Gasteiger partial charge in [0.2, 0.25) is 0 Å². The lowest BCUT2D eigenvalue weighted by molar-refractivity contribution is -0.0323. The van der Waals surface area contributed by atoms with Crippen molar-refractivity contribution in [2.24, 2.45) is 5.73 Å². The Morgan fingerprint density at radius 1 is 1.28 bits per heavy atom. The Morgan fingerprint density at radius 3 is 2.44 bits per heavy atom. The van der Waals surface area contributed by atoms with Crippen molar-refractivity contribution in [3.05, 3.63) is 11.9 Å². The van der Waals surface area contributed by atoms with Gasteiger partial charge in [-0.3, -0.25) is 0 Å². The number of hydrogen-bond acceptors (Lipinski definition) is 4. The number of hydrogen-bond donors (Lipinski definition) is 1. The van der Waals surface area contributed by atoms with E-state index in [2.05, 4.69) is 38.0 Å². The highest BCUT2D eigenvalue weighted by Crippen LogP contribution is 2.21. The van der Waals surface area contributed by atoms with Crippen molar-refractivity contribution in [2.75, 3.05) is 13.2 Å². The molecule has 0 saturated carbocycles. The average molecular weight is 254 g/mol. The minimum atomic E-state index is -0.150. The van der Waals surface area contributed by atoms with E-state index in [4.69, 9.17) is 10.5 Å². The highest BCUT2D eigenvalue weighted by molar-refractivity contribution is 4.91. The summed E-state index contributed by atoms with van der Waals surface area (Å²) < 4.78 is 7.80. The molecule has 0 spiro atoms. The third-order valence-corrected chi connectivity index (χ3v) is 3.18. The minimum absolute atomic E-state index is 0.0833. The molecule has 5 nitrogen and oxygen atoms in total. The number of nitrogens with two attached hydrogens (primary N) is 1. The fourth-order valence-corrected chi connectivity index (χ4v) is 1.75. The molecular formula is C13H26N4O. The molecule has 0 aliphatic carbocycles. The van der Waals surface area contributed by atoms with E-state index in [-0.39, 0.29) is 11.1 Å². The Bertz CT molecular complexity index is 371. The van der Waals surface area contributed by atoms with Gasteiger partial charge in [0, 0.05) is 12.8 Å². The van der Waals surface area contributed by atoms with Gasteiger partial charge in [-0.2, -0.15) is 0 Å². The Balaban J connectivity index is 2.47. The SMILES string of the molecule is Cc1cn(C(C)(C)CCOC(C)(C)CCN)nn1. The zero-order valence-electron chi connectivity index (χ0n) is 12.2. The molecule has 0 saturated heterocycles. The third kappa shape index (κ3) is 4.38. The lowest BCUT2D eigenvalue weighted by Gasteiger charge is -2.29. The van der Waals surface area contributed by atoms with Crippen LogP contribution in [-0.2, 0) is 10.3 Å². The van der Waals surface area contributed by atoms with Crippen molar-refractivity contribution in [1.29, 1.82) is 0 Å². The Morgan fingerprint density at radius 2 is 1.94 bits per heavy atom. The molecule has 0 atom stereocenters. The van der Waals surface area contributed by atoms with Crippen molar-refractivity contribution in [1.82, 2.24) is 15.0 Å². The fourth-order valence-electron chi connectivity index (χ4n) is 1.75. The maximum Gasteiger partial charge on any atom is 0.0796 e. The van der Waals surface area contributed by atoms with E-state index in [0.29, 0.717) is 13.2 Å². The topological polar surface area (TPSA) is 66.0 Å². The first-order chi connectivity index (χ1) is 8.27. The second kappa shape index (κ2) is 5.80. The molecule has 0 unspecified atom stereocenters. The van der Waals surface area contributed by atoms with Gasteiger partial charge in [0.25, 0.3) is 0 Å². The molecule has 0 fully saturated rings. The maximum absolute atomic E-state index is 5.89. The fraction of sp³-hybridized carbons (Fsp3) is 0.846. The van der Waals surface area contributed by atoms with E-state index in [1.807, 2.05) is 17.8 Å². The van der Waals surface area contributed by atoms with E-state index in [0.717, 1.165) is 18.5 Å². The largest absolute Gasteiger partial charge is 0.375 e. The molecule has 5 heteroatoms. The van der Waals surface area contributed by atoms with E-state index in [1.54, 1.807) is 0 Å². The van der Waals surface area contributed by atoms with Crippen LogP contribution in [0.2, 0.25) is 0 Å². The van der Waals surface area contributed by atoms with E-state index < -0.39 is 0 Å².